The number of rotatable bonds is 11. The van der Waals surface area contributed by atoms with Gasteiger partial charge in [-0.05, 0) is 24.6 Å². The first-order valence-corrected chi connectivity index (χ1v) is 12.0. The minimum Gasteiger partial charge on any atom is -0.504 e. The lowest BCUT2D eigenvalue weighted by Crippen LogP contribution is -2.38. The molecule has 12 heteroatoms. The highest BCUT2D eigenvalue weighted by molar-refractivity contribution is 7.89. The van der Waals surface area contributed by atoms with E-state index >= 15 is 0 Å². The van der Waals surface area contributed by atoms with E-state index in [9.17, 15) is 23.1 Å². The van der Waals surface area contributed by atoms with E-state index in [1.807, 2.05) is 30.3 Å². The van der Waals surface area contributed by atoms with Crippen molar-refractivity contribution < 1.29 is 23.1 Å². The third-order valence-electron chi connectivity index (χ3n) is 5.10. The van der Waals surface area contributed by atoms with Crippen LogP contribution in [-0.2, 0) is 19.6 Å². The van der Waals surface area contributed by atoms with E-state index in [4.69, 9.17) is 21.2 Å². The third kappa shape index (κ3) is 4.79. The summed E-state index contributed by atoms with van der Waals surface area (Å²) in [7, 11) is -1.65. The summed E-state index contributed by atoms with van der Waals surface area (Å²) in [6.07, 6.45) is 0. The number of ether oxygens (including phenoxy) is 1. The number of aromatic hydroxyl groups is 1. The van der Waals surface area contributed by atoms with Crippen LogP contribution < -0.4 is 21.5 Å². The van der Waals surface area contributed by atoms with Gasteiger partial charge in [0.25, 0.3) is 20.9 Å². The van der Waals surface area contributed by atoms with E-state index in [1.54, 1.807) is 6.92 Å². The van der Waals surface area contributed by atoms with E-state index < -0.39 is 37.6 Å². The molecule has 0 aliphatic rings. The van der Waals surface area contributed by atoms with Crippen molar-refractivity contribution in [3.63, 3.8) is 0 Å². The Kier molecular flexibility index (Phi) is 7.95. The van der Waals surface area contributed by atoms with Gasteiger partial charge in [0.15, 0.2) is 5.75 Å². The summed E-state index contributed by atoms with van der Waals surface area (Å²) < 4.78 is 31.6. The number of hydroxylamine groups is 1. The zero-order chi connectivity index (χ0) is 25.0. The van der Waals surface area contributed by atoms with Gasteiger partial charge in [-0.25, -0.2) is 8.42 Å². The number of phenols is 1. The average molecular weight is 510 g/mol. The summed E-state index contributed by atoms with van der Waals surface area (Å²) in [6, 6.07) is 11.3. The van der Waals surface area contributed by atoms with Crippen LogP contribution in [0.1, 0.15) is 18.5 Å². The number of phenolic OH excluding ortho intramolecular Hbond substituents is 1. The van der Waals surface area contributed by atoms with E-state index in [2.05, 4.69) is 10.6 Å². The van der Waals surface area contributed by atoms with Gasteiger partial charge in [0, 0.05) is 13.7 Å². The van der Waals surface area contributed by atoms with Crippen LogP contribution in [0, 0.1) is 0 Å². The number of nitrogens with one attached hydrogen (secondary N) is 2. The van der Waals surface area contributed by atoms with Crippen molar-refractivity contribution in [2.75, 3.05) is 38.0 Å². The molecular formula is C22H24ClN3O7S. The van der Waals surface area contributed by atoms with Crippen molar-refractivity contribution in [3.8, 4) is 5.75 Å². The fraction of sp³-hybridized carbons (Fsp3) is 0.273. The molecule has 0 saturated carbocycles. The van der Waals surface area contributed by atoms with Crippen molar-refractivity contribution in [1.82, 2.24) is 4.47 Å². The molecule has 0 radical (unpaired) electrons. The summed E-state index contributed by atoms with van der Waals surface area (Å²) in [4.78, 5) is 28.9. The normalized spacial score (nSPS) is 12.7. The van der Waals surface area contributed by atoms with Crippen LogP contribution in [0.25, 0.3) is 0 Å². The molecular weight excluding hydrogens is 486 g/mol. The molecule has 0 bridgehead atoms. The summed E-state index contributed by atoms with van der Waals surface area (Å²) in [5.41, 5.74) is -1.02. The molecule has 0 spiro atoms. The van der Waals surface area contributed by atoms with Crippen molar-refractivity contribution in [2.45, 2.75) is 17.9 Å². The first kappa shape index (κ1) is 25.7. The maximum absolute atomic E-state index is 12.9. The van der Waals surface area contributed by atoms with Crippen LogP contribution in [0.15, 0.2) is 56.9 Å². The minimum absolute atomic E-state index is 0.0123. The fourth-order valence-corrected chi connectivity index (χ4v) is 5.28. The molecule has 182 valence electrons. The van der Waals surface area contributed by atoms with Gasteiger partial charge in [-0.15, -0.1) is 0 Å². The summed E-state index contributed by atoms with van der Waals surface area (Å²) >= 11 is 6.07. The van der Waals surface area contributed by atoms with Crippen LogP contribution in [-0.4, -0.2) is 45.4 Å². The Morgan fingerprint density at radius 2 is 1.71 bits per heavy atom. The second kappa shape index (κ2) is 10.5. The summed E-state index contributed by atoms with van der Waals surface area (Å²) in [5.74, 6) is -0.724. The maximum atomic E-state index is 12.9. The van der Waals surface area contributed by atoms with E-state index in [0.717, 1.165) is 5.56 Å². The Labute approximate surface area is 201 Å². The zero-order valence-corrected chi connectivity index (χ0v) is 20.2. The first-order valence-electron chi connectivity index (χ1n) is 10.2. The Morgan fingerprint density at radius 3 is 2.29 bits per heavy atom. The number of benzene rings is 2. The molecule has 0 aromatic heterocycles. The molecule has 0 heterocycles. The number of hydrogen-bond acceptors (Lipinski definition) is 9. The molecule has 10 nitrogen and oxygen atoms in total. The van der Waals surface area contributed by atoms with E-state index in [0.29, 0.717) is 4.47 Å². The minimum atomic E-state index is -4.32. The third-order valence-corrected chi connectivity index (χ3v) is 7.39. The van der Waals surface area contributed by atoms with Gasteiger partial charge in [-0.1, -0.05) is 46.4 Å². The first-order chi connectivity index (χ1) is 16.2. The van der Waals surface area contributed by atoms with Gasteiger partial charge in [-0.3, -0.25) is 14.4 Å². The summed E-state index contributed by atoms with van der Waals surface area (Å²) in [6.45, 7) is 1.71. The number of sulfonamides is 1. The Hall–Kier alpha value is -2.96. The van der Waals surface area contributed by atoms with Gasteiger partial charge in [0.1, 0.15) is 16.3 Å². The molecule has 3 aromatic rings. The highest BCUT2D eigenvalue weighted by Gasteiger charge is 2.32. The van der Waals surface area contributed by atoms with Crippen molar-refractivity contribution in [1.29, 1.82) is 0 Å². The molecule has 0 amide bonds. The quantitative estimate of drug-likeness (QED) is 0.202. The van der Waals surface area contributed by atoms with Crippen molar-refractivity contribution in [3.05, 3.63) is 73.5 Å². The second-order valence-electron chi connectivity index (χ2n) is 7.18. The second-order valence-corrected chi connectivity index (χ2v) is 9.35. The van der Waals surface area contributed by atoms with Crippen LogP contribution in [0.5, 0.6) is 5.75 Å². The van der Waals surface area contributed by atoms with Crippen LogP contribution in [0.2, 0.25) is 5.02 Å². The fourth-order valence-electron chi connectivity index (χ4n) is 3.42. The largest absolute Gasteiger partial charge is 0.504 e. The summed E-state index contributed by atoms with van der Waals surface area (Å²) in [5, 5.41) is 16.1. The van der Waals surface area contributed by atoms with Crippen LogP contribution in [0.4, 0.5) is 17.1 Å². The highest BCUT2D eigenvalue weighted by Crippen LogP contribution is 2.40. The van der Waals surface area contributed by atoms with Gasteiger partial charge >= 0.3 is 0 Å². The van der Waals surface area contributed by atoms with Crippen molar-refractivity contribution >= 4 is 38.7 Å². The van der Waals surface area contributed by atoms with Crippen LogP contribution >= 0.6 is 11.6 Å². The van der Waals surface area contributed by atoms with Gasteiger partial charge in [0.05, 0.1) is 30.5 Å². The smallest absolute Gasteiger partial charge is 0.270 e. The average Bonchev–Trinajstić information content (AvgIpc) is 2.82. The number of methoxy groups -OCH3 is 1. The topological polar surface area (TPSA) is 134 Å². The van der Waals surface area contributed by atoms with Crippen molar-refractivity contribution in [2.24, 2.45) is 0 Å². The molecule has 3 rings (SSSR count). The molecule has 3 N–H and O–H groups in total. The number of hydrogen-bond donors (Lipinski definition) is 3. The van der Waals surface area contributed by atoms with Gasteiger partial charge in [-0.2, -0.15) is 0 Å². The number of anilines is 3. The molecule has 1 atom stereocenters. The maximum Gasteiger partial charge on any atom is 0.270 e. The molecule has 0 fully saturated rings. The van der Waals surface area contributed by atoms with Gasteiger partial charge < -0.3 is 20.5 Å². The lowest BCUT2D eigenvalue weighted by atomic mass is 10.1. The van der Waals surface area contributed by atoms with Crippen LogP contribution in [0.3, 0.4) is 0 Å². The molecule has 0 aliphatic heterocycles. The predicted molar refractivity (Wildman–Crippen MR) is 129 cm³/mol. The lowest BCUT2D eigenvalue weighted by Gasteiger charge is -2.23. The highest BCUT2D eigenvalue weighted by atomic mass is 35.5. The van der Waals surface area contributed by atoms with E-state index in [-0.39, 0.29) is 35.2 Å². The molecule has 0 aliphatic carbocycles. The SMILES string of the molecule is CCN(OC)S(=O)(=O)c1c(Cl)ccc(Nc2c(N[C@H](COC)c3ccccc3)c(=O)c2=O)c1O. The number of nitrogens with zero attached hydrogens (tertiary/aromatic N) is 1. The zero-order valence-electron chi connectivity index (χ0n) is 18.7. The monoisotopic (exact) mass is 509 g/mol. The molecule has 3 aromatic carbocycles. The van der Waals surface area contributed by atoms with Gasteiger partial charge in [0.2, 0.25) is 0 Å². The molecule has 0 saturated heterocycles. The Balaban J connectivity index is 1.99. The Bertz CT molecular complexity index is 1330. The predicted octanol–water partition coefficient (Wildman–Crippen LogP) is 2.76. The van der Waals surface area contributed by atoms with E-state index in [1.165, 1.54) is 26.4 Å². The standard InChI is InChI=1S/C22H24ClN3O7S/c1-4-26(33-3)34(30,31)22-14(23)10-11-15(19(22)27)24-17-18(21(29)20(17)28)25-16(12-32-2)13-8-6-5-7-9-13/h5-11,16,24-25,27H,4,12H2,1-3H3/t16-/m1/s1. The lowest BCUT2D eigenvalue weighted by molar-refractivity contribution is -0.0443. The molecule has 0 unspecified atom stereocenters. The molecule has 34 heavy (non-hydrogen) atoms. The number of halogens is 1. The Morgan fingerprint density at radius 1 is 1.06 bits per heavy atom.